The monoisotopic (exact) mass is 448 g/mol. The summed E-state index contributed by atoms with van der Waals surface area (Å²) in [5, 5.41) is 30.8. The van der Waals surface area contributed by atoms with Crippen LogP contribution in [0.4, 0.5) is 0 Å². The van der Waals surface area contributed by atoms with E-state index in [2.05, 4.69) is 6.92 Å². The van der Waals surface area contributed by atoms with Crippen molar-refractivity contribution < 1.29 is 24.9 Å². The Morgan fingerprint density at radius 2 is 1.79 bits per heavy atom. The van der Waals surface area contributed by atoms with Crippen molar-refractivity contribution in [1.29, 1.82) is 0 Å². The van der Waals surface area contributed by atoms with Crippen LogP contribution < -0.4 is 0 Å². The zero-order chi connectivity index (χ0) is 21.6. The number of ketones is 2. The van der Waals surface area contributed by atoms with Crippen LogP contribution in [-0.4, -0.2) is 50.5 Å². The number of aliphatic hydroxyl groups is 3. The molecule has 7 heteroatoms. The number of hydrogen-bond acceptors (Lipinski definition) is 5. The average Bonchev–Trinajstić information content (AvgIpc) is 2.93. The van der Waals surface area contributed by atoms with Gasteiger partial charge in [0, 0.05) is 17.8 Å². The van der Waals surface area contributed by atoms with E-state index in [4.69, 9.17) is 23.2 Å². The highest BCUT2D eigenvalue weighted by atomic mass is 35.5. The molecule has 8 atom stereocenters. The maximum absolute atomic E-state index is 13.4. The Morgan fingerprint density at radius 3 is 2.41 bits per heavy atom. The van der Waals surface area contributed by atoms with Crippen LogP contribution in [0.3, 0.4) is 0 Å². The molecule has 0 aliphatic heterocycles. The first-order valence-corrected chi connectivity index (χ1v) is 11.8. The zero-order valence-corrected chi connectivity index (χ0v) is 18.9. The van der Waals surface area contributed by atoms with Gasteiger partial charge in [0.05, 0.1) is 11.4 Å². The van der Waals surface area contributed by atoms with Gasteiger partial charge in [0.25, 0.3) is 0 Å². The largest absolute Gasteiger partial charge is 0.393 e. The number of fused-ring (bicyclic) bond motifs is 5. The van der Waals surface area contributed by atoms with Gasteiger partial charge in [-0.3, -0.25) is 9.59 Å². The van der Waals surface area contributed by atoms with Gasteiger partial charge in [-0.05, 0) is 68.1 Å². The summed E-state index contributed by atoms with van der Waals surface area (Å²) in [4.78, 5) is 25.7. The van der Waals surface area contributed by atoms with Gasteiger partial charge < -0.3 is 15.3 Å². The lowest BCUT2D eigenvalue weighted by molar-refractivity contribution is -0.180. The Bertz CT molecular complexity index is 657. The number of carbonyl (C=O) groups is 2. The molecule has 166 valence electrons. The van der Waals surface area contributed by atoms with E-state index in [0.29, 0.717) is 12.3 Å². The van der Waals surface area contributed by atoms with Gasteiger partial charge >= 0.3 is 0 Å². The first-order valence-electron chi connectivity index (χ1n) is 10.8. The number of hydrogen-bond donors (Lipinski definition) is 3. The van der Waals surface area contributed by atoms with Gasteiger partial charge in [-0.2, -0.15) is 0 Å². The van der Waals surface area contributed by atoms with Crippen molar-refractivity contribution in [3.8, 4) is 0 Å². The van der Waals surface area contributed by atoms with E-state index in [1.165, 1.54) is 0 Å². The predicted octanol–water partition coefficient (Wildman–Crippen LogP) is 3.28. The maximum Gasteiger partial charge on any atom is 0.190 e. The van der Waals surface area contributed by atoms with Crippen LogP contribution in [0.2, 0.25) is 0 Å². The summed E-state index contributed by atoms with van der Waals surface area (Å²) < 4.78 is 0. The molecular formula is C22H34Cl2O5. The minimum atomic E-state index is -1.58. The quantitative estimate of drug-likeness (QED) is 0.563. The maximum atomic E-state index is 13.4. The normalized spacial score (nSPS) is 48.7. The molecule has 4 fully saturated rings. The molecule has 0 amide bonds. The molecule has 29 heavy (non-hydrogen) atoms. The van der Waals surface area contributed by atoms with Gasteiger partial charge in [-0.25, -0.2) is 0 Å². The molecule has 4 aliphatic carbocycles. The molecule has 0 spiro atoms. The first kappa shape index (κ1) is 23.5. The van der Waals surface area contributed by atoms with Crippen LogP contribution in [0.15, 0.2) is 0 Å². The van der Waals surface area contributed by atoms with E-state index in [-0.39, 0.29) is 46.8 Å². The third-order valence-electron chi connectivity index (χ3n) is 9.08. The Hall–Kier alpha value is -0.200. The lowest BCUT2D eigenvalue weighted by Gasteiger charge is -2.60. The number of Topliss-reactive ketones (excluding diaryl/α,β-unsaturated/α-hetero) is 2. The number of aliphatic hydroxyl groups excluding tert-OH is 2. The van der Waals surface area contributed by atoms with E-state index in [0.717, 1.165) is 38.5 Å². The molecule has 0 heterocycles. The van der Waals surface area contributed by atoms with Gasteiger partial charge in [0.15, 0.2) is 5.78 Å². The molecule has 0 bridgehead atoms. The van der Waals surface area contributed by atoms with Crippen LogP contribution in [0, 0.1) is 34.5 Å². The summed E-state index contributed by atoms with van der Waals surface area (Å²) in [6.45, 7) is 3.46. The van der Waals surface area contributed by atoms with Gasteiger partial charge in [-0.15, -0.1) is 23.2 Å². The third-order valence-corrected chi connectivity index (χ3v) is 9.08. The molecule has 0 unspecified atom stereocenters. The fraction of sp³-hybridized carbons (Fsp3) is 0.909. The summed E-state index contributed by atoms with van der Waals surface area (Å²) in [6.07, 6.45) is 5.47. The molecule has 0 radical (unpaired) electrons. The first-order chi connectivity index (χ1) is 13.6. The molecule has 0 aromatic heterocycles. The Labute approximate surface area is 183 Å². The van der Waals surface area contributed by atoms with Crippen molar-refractivity contribution in [2.75, 3.05) is 11.9 Å². The van der Waals surface area contributed by atoms with Crippen molar-refractivity contribution in [2.45, 2.75) is 76.9 Å². The SMILES string of the molecule is C[C@]12CC[C@@H](O)C[C@H]1CC[C@@H]1[C@@H]2C(=O)C[C@@]2(C)[C@H]1CC[C@]2(O)C(=O)CO.ClCCl. The number of halogens is 2. The van der Waals surface area contributed by atoms with Crippen molar-refractivity contribution in [3.05, 3.63) is 0 Å². The van der Waals surface area contributed by atoms with Crippen LogP contribution in [0.25, 0.3) is 0 Å². The van der Waals surface area contributed by atoms with Crippen molar-refractivity contribution in [1.82, 2.24) is 0 Å². The highest BCUT2D eigenvalue weighted by Crippen LogP contribution is 2.67. The van der Waals surface area contributed by atoms with E-state index >= 15 is 0 Å². The van der Waals surface area contributed by atoms with Gasteiger partial charge in [0.2, 0.25) is 0 Å². The molecule has 0 aromatic carbocycles. The Kier molecular flexibility index (Phi) is 6.78. The number of rotatable bonds is 2. The second-order valence-electron chi connectivity index (χ2n) is 10.1. The minimum absolute atomic E-state index is 0.0154. The van der Waals surface area contributed by atoms with E-state index < -0.39 is 23.4 Å². The lowest BCUT2D eigenvalue weighted by atomic mass is 9.44. The van der Waals surface area contributed by atoms with Crippen molar-refractivity contribution in [3.63, 3.8) is 0 Å². The number of alkyl halides is 2. The standard InChI is InChI=1S/C21H32O5.CH2Cl2/c1-19-7-5-13(23)9-12(19)3-4-14-15-6-8-21(26,17(25)11-22)20(15,2)10-16(24)18(14)19;2-1-3/h12-15,18,22-23,26H,3-11H2,1-2H3;1H2/t12-,13-,14+,15+,18-,19+,20+,21+;/m1./s1. The van der Waals surface area contributed by atoms with E-state index in [9.17, 15) is 24.9 Å². The van der Waals surface area contributed by atoms with Gasteiger partial charge in [0.1, 0.15) is 18.0 Å². The molecule has 4 aliphatic rings. The van der Waals surface area contributed by atoms with Crippen LogP contribution in [0.1, 0.15) is 65.2 Å². The smallest absolute Gasteiger partial charge is 0.190 e. The van der Waals surface area contributed by atoms with Crippen LogP contribution in [0.5, 0.6) is 0 Å². The predicted molar refractivity (Wildman–Crippen MR) is 112 cm³/mol. The number of carbonyl (C=O) groups excluding carboxylic acids is 2. The second-order valence-corrected chi connectivity index (χ2v) is 10.9. The zero-order valence-electron chi connectivity index (χ0n) is 17.4. The van der Waals surface area contributed by atoms with Crippen molar-refractivity contribution >= 4 is 34.8 Å². The fourth-order valence-electron chi connectivity index (χ4n) is 7.64. The fourth-order valence-corrected chi connectivity index (χ4v) is 7.64. The molecule has 4 rings (SSSR count). The van der Waals surface area contributed by atoms with E-state index in [1.807, 2.05) is 6.92 Å². The average molecular weight is 449 g/mol. The summed E-state index contributed by atoms with van der Waals surface area (Å²) in [6, 6.07) is 0. The molecular weight excluding hydrogens is 415 g/mol. The highest BCUT2D eigenvalue weighted by Gasteiger charge is 2.68. The second kappa shape index (κ2) is 8.38. The molecule has 0 aromatic rings. The van der Waals surface area contributed by atoms with E-state index in [1.54, 1.807) is 0 Å². The molecule has 5 nitrogen and oxygen atoms in total. The van der Waals surface area contributed by atoms with Crippen LogP contribution >= 0.6 is 23.2 Å². The third kappa shape index (κ3) is 3.49. The summed E-state index contributed by atoms with van der Waals surface area (Å²) in [7, 11) is 0. The Balaban J connectivity index is 0.000000755. The molecule has 0 saturated heterocycles. The summed E-state index contributed by atoms with van der Waals surface area (Å²) in [5.41, 5.74) is -2.40. The Morgan fingerprint density at radius 1 is 1.14 bits per heavy atom. The van der Waals surface area contributed by atoms with Crippen molar-refractivity contribution in [2.24, 2.45) is 34.5 Å². The summed E-state index contributed by atoms with van der Waals surface area (Å²) in [5.74, 6) is 0.380. The lowest BCUT2D eigenvalue weighted by Crippen LogP contribution is -2.62. The van der Waals surface area contributed by atoms with Crippen LogP contribution in [-0.2, 0) is 9.59 Å². The summed E-state index contributed by atoms with van der Waals surface area (Å²) >= 11 is 9.53. The minimum Gasteiger partial charge on any atom is -0.393 e. The topological polar surface area (TPSA) is 94.8 Å². The molecule has 4 saturated carbocycles. The van der Waals surface area contributed by atoms with Gasteiger partial charge in [-0.1, -0.05) is 13.8 Å². The molecule has 3 N–H and O–H groups in total. The highest BCUT2D eigenvalue weighted by molar-refractivity contribution is 6.40.